The minimum atomic E-state index is -0.550. The summed E-state index contributed by atoms with van der Waals surface area (Å²) in [7, 11) is 0. The number of carbonyl (C=O) groups is 1. The fourth-order valence-corrected chi connectivity index (χ4v) is 3.66. The molecule has 1 aliphatic heterocycles. The zero-order valence-corrected chi connectivity index (χ0v) is 16.8. The summed E-state index contributed by atoms with van der Waals surface area (Å²) in [6.07, 6.45) is -0.550. The van der Waals surface area contributed by atoms with Gasteiger partial charge in [0.15, 0.2) is 5.69 Å². The van der Waals surface area contributed by atoms with E-state index in [9.17, 15) is 14.3 Å². The number of β-amino-alcohol motifs (C(OH)–C–C–N with tert-alkyl or cyclic N) is 1. The summed E-state index contributed by atoms with van der Waals surface area (Å²) in [6, 6.07) is 15.5. The number of aromatic nitrogens is 3. The summed E-state index contributed by atoms with van der Waals surface area (Å²) in [4.78, 5) is 16.9. The molecule has 0 radical (unpaired) electrons. The number of rotatable bonds is 5. The highest BCUT2D eigenvalue weighted by Crippen LogP contribution is 2.17. The van der Waals surface area contributed by atoms with E-state index in [1.54, 1.807) is 28.6 Å². The first-order chi connectivity index (χ1) is 14.5. The van der Waals surface area contributed by atoms with Crippen LogP contribution >= 0.6 is 0 Å². The Balaban J connectivity index is 1.37. The molecule has 2 heterocycles. The van der Waals surface area contributed by atoms with Crippen molar-refractivity contribution in [1.82, 2.24) is 24.8 Å². The van der Waals surface area contributed by atoms with Crippen LogP contribution in [0.1, 0.15) is 27.8 Å². The Kier molecular flexibility index (Phi) is 5.87. The predicted molar refractivity (Wildman–Crippen MR) is 110 cm³/mol. The third-order valence-corrected chi connectivity index (χ3v) is 5.44. The fraction of sp³-hybridized carbons (Fsp3) is 0.318. The highest BCUT2D eigenvalue weighted by molar-refractivity contribution is 5.93. The lowest BCUT2D eigenvalue weighted by atomic mass is 10.1. The predicted octanol–water partition coefficient (Wildman–Crippen LogP) is 2.21. The number of hydrogen-bond donors (Lipinski definition) is 1. The minimum Gasteiger partial charge on any atom is -0.387 e. The van der Waals surface area contributed by atoms with Crippen LogP contribution in [0, 0.1) is 12.7 Å². The number of benzene rings is 2. The Morgan fingerprint density at radius 2 is 1.73 bits per heavy atom. The van der Waals surface area contributed by atoms with Crippen molar-refractivity contribution in [3.8, 4) is 5.69 Å². The normalized spacial score (nSPS) is 15.9. The zero-order chi connectivity index (χ0) is 21.1. The average molecular weight is 409 g/mol. The lowest BCUT2D eigenvalue weighted by Gasteiger charge is -2.35. The van der Waals surface area contributed by atoms with Gasteiger partial charge in [-0.25, -0.2) is 9.07 Å². The van der Waals surface area contributed by atoms with Crippen LogP contribution in [-0.4, -0.2) is 68.5 Å². The van der Waals surface area contributed by atoms with Gasteiger partial charge in [0.25, 0.3) is 5.91 Å². The molecule has 1 unspecified atom stereocenters. The van der Waals surface area contributed by atoms with E-state index in [2.05, 4.69) is 15.2 Å². The second-order valence-electron chi connectivity index (χ2n) is 7.43. The monoisotopic (exact) mass is 409 g/mol. The summed E-state index contributed by atoms with van der Waals surface area (Å²) < 4.78 is 14.7. The van der Waals surface area contributed by atoms with Gasteiger partial charge in [0.05, 0.1) is 17.5 Å². The van der Waals surface area contributed by atoms with Gasteiger partial charge >= 0.3 is 0 Å². The van der Waals surface area contributed by atoms with Crippen molar-refractivity contribution in [2.24, 2.45) is 0 Å². The maximum Gasteiger partial charge on any atom is 0.276 e. The van der Waals surface area contributed by atoms with Crippen LogP contribution in [0.4, 0.5) is 4.39 Å². The van der Waals surface area contributed by atoms with E-state index >= 15 is 0 Å². The van der Waals surface area contributed by atoms with Gasteiger partial charge in [-0.3, -0.25) is 9.69 Å². The second-order valence-corrected chi connectivity index (χ2v) is 7.43. The second kappa shape index (κ2) is 8.73. The molecule has 0 bridgehead atoms. The molecule has 156 valence electrons. The standard InChI is InChI=1S/C22H24FN5O2/c1-16-21(24-25-28(16)19-9-7-18(23)8-10-19)22(30)27-13-11-26(12-14-27)15-20(29)17-5-3-2-4-6-17/h2-10,20,29H,11-15H2,1H3. The highest BCUT2D eigenvalue weighted by Gasteiger charge is 2.27. The molecule has 1 aliphatic rings. The molecule has 0 saturated carbocycles. The minimum absolute atomic E-state index is 0.163. The Labute approximate surface area is 174 Å². The summed E-state index contributed by atoms with van der Waals surface area (Å²) in [5, 5.41) is 18.6. The van der Waals surface area contributed by atoms with Crippen molar-refractivity contribution in [2.45, 2.75) is 13.0 Å². The fourth-order valence-electron chi connectivity index (χ4n) is 3.66. The van der Waals surface area contributed by atoms with Crippen LogP contribution in [0.3, 0.4) is 0 Å². The highest BCUT2D eigenvalue weighted by atomic mass is 19.1. The molecule has 1 amide bonds. The lowest BCUT2D eigenvalue weighted by molar-refractivity contribution is 0.0522. The molecular weight excluding hydrogens is 385 g/mol. The van der Waals surface area contributed by atoms with Crippen LogP contribution in [0.2, 0.25) is 0 Å². The summed E-state index contributed by atoms with van der Waals surface area (Å²) >= 11 is 0. The molecule has 0 aliphatic carbocycles. The Morgan fingerprint density at radius 1 is 1.07 bits per heavy atom. The molecular formula is C22H24FN5O2. The molecule has 0 spiro atoms. The Hall–Kier alpha value is -3.10. The third-order valence-electron chi connectivity index (χ3n) is 5.44. The molecule has 30 heavy (non-hydrogen) atoms. The molecule has 1 aromatic heterocycles. The van der Waals surface area contributed by atoms with Gasteiger partial charge in [-0.15, -0.1) is 5.10 Å². The molecule has 1 atom stereocenters. The molecule has 2 aromatic carbocycles. The van der Waals surface area contributed by atoms with Crippen molar-refractivity contribution in [2.75, 3.05) is 32.7 Å². The summed E-state index contributed by atoms with van der Waals surface area (Å²) in [6.45, 7) is 4.79. The first-order valence-corrected chi connectivity index (χ1v) is 9.96. The van der Waals surface area contributed by atoms with Gasteiger partial charge in [-0.2, -0.15) is 0 Å². The van der Waals surface area contributed by atoms with Crippen molar-refractivity contribution >= 4 is 5.91 Å². The van der Waals surface area contributed by atoms with Gasteiger partial charge in [-0.1, -0.05) is 35.5 Å². The number of nitrogens with zero attached hydrogens (tertiary/aromatic N) is 5. The van der Waals surface area contributed by atoms with Crippen LogP contribution in [0.5, 0.6) is 0 Å². The third kappa shape index (κ3) is 4.24. The summed E-state index contributed by atoms with van der Waals surface area (Å²) in [5.74, 6) is -0.493. The van der Waals surface area contributed by atoms with Gasteiger partial charge in [-0.05, 0) is 36.8 Å². The van der Waals surface area contributed by atoms with Crippen molar-refractivity contribution < 1.29 is 14.3 Å². The maximum atomic E-state index is 13.2. The van der Waals surface area contributed by atoms with Crippen molar-refractivity contribution in [3.63, 3.8) is 0 Å². The van der Waals surface area contributed by atoms with E-state index in [0.29, 0.717) is 49.8 Å². The van der Waals surface area contributed by atoms with Crippen LogP contribution < -0.4 is 0 Å². The van der Waals surface area contributed by atoms with E-state index < -0.39 is 6.10 Å². The van der Waals surface area contributed by atoms with Gasteiger partial charge < -0.3 is 10.0 Å². The number of halogens is 1. The van der Waals surface area contributed by atoms with Gasteiger partial charge in [0, 0.05) is 32.7 Å². The van der Waals surface area contributed by atoms with Gasteiger partial charge in [0.2, 0.25) is 0 Å². The SMILES string of the molecule is Cc1c(C(=O)N2CCN(CC(O)c3ccccc3)CC2)nnn1-c1ccc(F)cc1. The molecule has 7 nitrogen and oxygen atoms in total. The van der Waals surface area contributed by atoms with E-state index in [1.807, 2.05) is 30.3 Å². The quantitative estimate of drug-likeness (QED) is 0.699. The molecule has 3 aromatic rings. The number of carbonyl (C=O) groups excluding carboxylic acids is 1. The zero-order valence-electron chi connectivity index (χ0n) is 16.8. The first-order valence-electron chi connectivity index (χ1n) is 9.96. The van der Waals surface area contributed by atoms with Crippen molar-refractivity contribution in [1.29, 1.82) is 0 Å². The number of amides is 1. The lowest BCUT2D eigenvalue weighted by Crippen LogP contribution is -2.49. The number of piperazine rings is 1. The molecule has 1 N–H and O–H groups in total. The van der Waals surface area contributed by atoms with Crippen LogP contribution in [0.15, 0.2) is 54.6 Å². The van der Waals surface area contributed by atoms with E-state index in [-0.39, 0.29) is 11.7 Å². The number of hydrogen-bond acceptors (Lipinski definition) is 5. The van der Waals surface area contributed by atoms with E-state index in [4.69, 9.17) is 0 Å². The number of aliphatic hydroxyl groups is 1. The summed E-state index contributed by atoms with van der Waals surface area (Å²) in [5.41, 5.74) is 2.47. The maximum absolute atomic E-state index is 13.2. The Morgan fingerprint density at radius 3 is 2.40 bits per heavy atom. The van der Waals surface area contributed by atoms with Crippen molar-refractivity contribution in [3.05, 3.63) is 77.4 Å². The topological polar surface area (TPSA) is 74.5 Å². The Bertz CT molecular complexity index is 998. The van der Waals surface area contributed by atoms with Gasteiger partial charge in [0.1, 0.15) is 5.82 Å². The van der Waals surface area contributed by atoms with Crippen LogP contribution in [-0.2, 0) is 0 Å². The smallest absolute Gasteiger partial charge is 0.276 e. The molecule has 1 fully saturated rings. The molecule has 8 heteroatoms. The molecule has 4 rings (SSSR count). The van der Waals surface area contributed by atoms with E-state index in [0.717, 1.165) is 5.56 Å². The largest absolute Gasteiger partial charge is 0.387 e. The average Bonchev–Trinajstić information content (AvgIpc) is 3.16. The number of aliphatic hydroxyl groups excluding tert-OH is 1. The van der Waals surface area contributed by atoms with Crippen LogP contribution in [0.25, 0.3) is 5.69 Å². The van der Waals surface area contributed by atoms with E-state index in [1.165, 1.54) is 12.1 Å². The molecule has 1 saturated heterocycles. The first kappa shape index (κ1) is 20.2.